The van der Waals surface area contributed by atoms with Crippen molar-refractivity contribution in [3.63, 3.8) is 0 Å². The number of hydrogen-bond acceptors (Lipinski definition) is 7. The van der Waals surface area contributed by atoms with Crippen molar-refractivity contribution >= 4 is 17.4 Å². The van der Waals surface area contributed by atoms with E-state index in [1.165, 1.54) is 25.4 Å². The van der Waals surface area contributed by atoms with Gasteiger partial charge in [0.2, 0.25) is 0 Å². The number of methoxy groups -OCH3 is 2. The second-order valence-corrected chi connectivity index (χ2v) is 6.88. The number of aliphatic hydroxyl groups is 1. The first-order valence-corrected chi connectivity index (χ1v) is 9.08. The third-order valence-electron chi connectivity index (χ3n) is 4.80. The van der Waals surface area contributed by atoms with Gasteiger partial charge in [0.25, 0.3) is 11.7 Å². The number of carbonyl (C=O) groups is 2. The second kappa shape index (κ2) is 8.40. The van der Waals surface area contributed by atoms with Gasteiger partial charge in [0, 0.05) is 18.7 Å². The summed E-state index contributed by atoms with van der Waals surface area (Å²) in [6.07, 6.45) is 1.47. The monoisotopic (exact) mass is 400 g/mol. The van der Waals surface area contributed by atoms with Crippen molar-refractivity contribution in [2.24, 2.45) is 0 Å². The van der Waals surface area contributed by atoms with E-state index in [4.69, 9.17) is 13.9 Å². The van der Waals surface area contributed by atoms with Crippen LogP contribution in [-0.4, -0.2) is 68.0 Å². The van der Waals surface area contributed by atoms with E-state index in [9.17, 15) is 14.7 Å². The lowest BCUT2D eigenvalue weighted by Gasteiger charge is -2.24. The van der Waals surface area contributed by atoms with Crippen molar-refractivity contribution in [2.45, 2.75) is 6.04 Å². The number of nitrogens with zero attached hydrogens (tertiary/aromatic N) is 2. The first kappa shape index (κ1) is 20.5. The number of rotatable bonds is 7. The Bertz CT molecular complexity index is 933. The number of Topliss-reactive ketones (excluding diaryl/α,β-unsaturated/α-hetero) is 1. The van der Waals surface area contributed by atoms with Crippen molar-refractivity contribution in [3.8, 4) is 11.5 Å². The molecule has 1 aromatic carbocycles. The lowest BCUT2D eigenvalue weighted by molar-refractivity contribution is -0.140. The van der Waals surface area contributed by atoms with Gasteiger partial charge in [-0.3, -0.25) is 9.59 Å². The molecule has 0 saturated carbocycles. The normalized spacial score (nSPS) is 18.5. The fourth-order valence-corrected chi connectivity index (χ4v) is 3.30. The van der Waals surface area contributed by atoms with Crippen LogP contribution >= 0.6 is 0 Å². The van der Waals surface area contributed by atoms with Gasteiger partial charge in [-0.2, -0.15) is 0 Å². The lowest BCUT2D eigenvalue weighted by Crippen LogP contribution is -2.35. The summed E-state index contributed by atoms with van der Waals surface area (Å²) >= 11 is 0. The Morgan fingerprint density at radius 2 is 1.90 bits per heavy atom. The molecule has 0 bridgehead atoms. The predicted octanol–water partition coefficient (Wildman–Crippen LogP) is 2.28. The minimum atomic E-state index is -0.807. The van der Waals surface area contributed by atoms with E-state index in [-0.39, 0.29) is 11.3 Å². The summed E-state index contributed by atoms with van der Waals surface area (Å²) in [5, 5.41) is 11.0. The van der Waals surface area contributed by atoms with Crippen LogP contribution in [0.4, 0.5) is 0 Å². The SMILES string of the molecule is COc1ccc(/C(O)=C2\C(=O)C(=O)N(CCN(C)C)[C@@H]2c2ccco2)cc1OC. The third-order valence-corrected chi connectivity index (χ3v) is 4.80. The number of carbonyl (C=O) groups excluding carboxylic acids is 2. The molecule has 1 amide bonds. The molecule has 0 unspecified atom stereocenters. The zero-order valence-electron chi connectivity index (χ0n) is 16.8. The highest BCUT2D eigenvalue weighted by Gasteiger charge is 2.47. The van der Waals surface area contributed by atoms with Crippen LogP contribution in [0.3, 0.4) is 0 Å². The van der Waals surface area contributed by atoms with Crippen LogP contribution in [0.25, 0.3) is 5.76 Å². The van der Waals surface area contributed by atoms with Gasteiger partial charge < -0.3 is 28.8 Å². The molecule has 1 atom stereocenters. The second-order valence-electron chi connectivity index (χ2n) is 6.88. The molecule has 2 heterocycles. The zero-order chi connectivity index (χ0) is 21.1. The van der Waals surface area contributed by atoms with Gasteiger partial charge in [-0.25, -0.2) is 0 Å². The van der Waals surface area contributed by atoms with Gasteiger partial charge in [0.05, 0.1) is 26.1 Å². The molecule has 8 nitrogen and oxygen atoms in total. The largest absolute Gasteiger partial charge is 0.507 e. The minimum absolute atomic E-state index is 0.0177. The summed E-state index contributed by atoms with van der Waals surface area (Å²) in [5.74, 6) is -0.429. The van der Waals surface area contributed by atoms with E-state index >= 15 is 0 Å². The number of likely N-dealkylation sites (tertiary alicyclic amines) is 1. The Balaban J connectivity index is 2.11. The summed E-state index contributed by atoms with van der Waals surface area (Å²) in [5.41, 5.74) is 0.320. The molecular formula is C21H24N2O6. The van der Waals surface area contributed by atoms with Crippen LogP contribution in [0, 0.1) is 0 Å². The van der Waals surface area contributed by atoms with E-state index in [2.05, 4.69) is 0 Å². The molecule has 1 N–H and O–H groups in total. The maximum Gasteiger partial charge on any atom is 0.295 e. The van der Waals surface area contributed by atoms with Gasteiger partial charge in [-0.1, -0.05) is 0 Å². The maximum atomic E-state index is 12.8. The number of likely N-dealkylation sites (N-methyl/N-ethyl adjacent to an activating group) is 1. The topological polar surface area (TPSA) is 92.5 Å². The molecule has 29 heavy (non-hydrogen) atoms. The van der Waals surface area contributed by atoms with Gasteiger partial charge >= 0.3 is 0 Å². The third kappa shape index (κ3) is 3.84. The summed E-state index contributed by atoms with van der Waals surface area (Å²) in [6, 6.07) is 7.33. The predicted molar refractivity (Wildman–Crippen MR) is 106 cm³/mol. The Hall–Kier alpha value is -3.26. The molecule has 0 radical (unpaired) electrons. The standard InChI is InChI=1S/C21H24N2O6/c1-22(2)9-10-23-18(15-6-5-11-29-15)17(20(25)21(23)26)19(24)13-7-8-14(27-3)16(12-13)28-4/h5-8,11-12,18,24H,9-10H2,1-4H3/b19-17+/t18-/m1/s1. The molecule has 1 saturated heterocycles. The Labute approximate surface area is 168 Å². The summed E-state index contributed by atoms with van der Waals surface area (Å²) in [6.45, 7) is 0.867. The van der Waals surface area contributed by atoms with E-state index in [1.807, 2.05) is 19.0 Å². The molecule has 8 heteroatoms. The molecule has 154 valence electrons. The fraction of sp³-hybridized carbons (Fsp3) is 0.333. The average molecular weight is 400 g/mol. The first-order chi connectivity index (χ1) is 13.9. The number of amides is 1. The van der Waals surface area contributed by atoms with Crippen LogP contribution < -0.4 is 9.47 Å². The average Bonchev–Trinajstić information content (AvgIpc) is 3.32. The minimum Gasteiger partial charge on any atom is -0.507 e. The van der Waals surface area contributed by atoms with Crippen molar-refractivity contribution in [3.05, 3.63) is 53.5 Å². The Kier molecular flexibility index (Phi) is 5.93. The first-order valence-electron chi connectivity index (χ1n) is 9.08. The highest BCUT2D eigenvalue weighted by atomic mass is 16.5. The van der Waals surface area contributed by atoms with Gasteiger partial charge in [0.1, 0.15) is 17.6 Å². The highest BCUT2D eigenvalue weighted by molar-refractivity contribution is 6.46. The van der Waals surface area contributed by atoms with Crippen LogP contribution in [0.5, 0.6) is 11.5 Å². The van der Waals surface area contributed by atoms with Gasteiger partial charge in [-0.15, -0.1) is 0 Å². The smallest absolute Gasteiger partial charge is 0.295 e. The molecule has 0 aliphatic carbocycles. The van der Waals surface area contributed by atoms with Gasteiger partial charge in [-0.05, 0) is 44.4 Å². The van der Waals surface area contributed by atoms with Crippen LogP contribution in [0.1, 0.15) is 17.4 Å². The van der Waals surface area contributed by atoms with Crippen molar-refractivity contribution in [1.29, 1.82) is 0 Å². The summed E-state index contributed by atoms with van der Waals surface area (Å²) in [7, 11) is 6.74. The van der Waals surface area contributed by atoms with Crippen molar-refractivity contribution in [1.82, 2.24) is 9.80 Å². The number of furan rings is 1. The maximum absolute atomic E-state index is 12.8. The van der Waals surface area contributed by atoms with E-state index < -0.39 is 17.7 Å². The molecule has 1 aliphatic heterocycles. The molecule has 1 fully saturated rings. The zero-order valence-corrected chi connectivity index (χ0v) is 16.8. The van der Waals surface area contributed by atoms with Crippen LogP contribution in [0.15, 0.2) is 46.6 Å². The summed E-state index contributed by atoms with van der Waals surface area (Å²) < 4.78 is 16.0. The van der Waals surface area contributed by atoms with Crippen molar-refractivity contribution in [2.75, 3.05) is 41.4 Å². The molecule has 2 aromatic rings. The Morgan fingerprint density at radius 1 is 1.17 bits per heavy atom. The van der Waals surface area contributed by atoms with E-state index in [1.54, 1.807) is 30.3 Å². The Morgan fingerprint density at radius 3 is 2.48 bits per heavy atom. The highest BCUT2D eigenvalue weighted by Crippen LogP contribution is 2.40. The van der Waals surface area contributed by atoms with Gasteiger partial charge in [0.15, 0.2) is 11.5 Å². The number of aliphatic hydroxyl groups excluding tert-OH is 1. The quantitative estimate of drug-likeness (QED) is 0.433. The lowest BCUT2D eigenvalue weighted by atomic mass is 9.99. The molecule has 1 aliphatic rings. The van der Waals surface area contributed by atoms with Crippen molar-refractivity contribution < 1.29 is 28.6 Å². The van der Waals surface area contributed by atoms with Crippen LogP contribution in [-0.2, 0) is 9.59 Å². The molecule has 0 spiro atoms. The fourth-order valence-electron chi connectivity index (χ4n) is 3.30. The summed E-state index contributed by atoms with van der Waals surface area (Å²) in [4.78, 5) is 28.9. The number of ether oxygens (including phenoxy) is 2. The molecule has 1 aromatic heterocycles. The van der Waals surface area contributed by atoms with E-state index in [0.717, 1.165) is 0 Å². The van der Waals surface area contributed by atoms with E-state index in [0.29, 0.717) is 35.9 Å². The molecule has 3 rings (SSSR count). The molecular weight excluding hydrogens is 376 g/mol. The number of benzene rings is 1. The number of hydrogen-bond donors (Lipinski definition) is 1. The number of ketones is 1. The van der Waals surface area contributed by atoms with Crippen LogP contribution in [0.2, 0.25) is 0 Å².